The Balaban J connectivity index is 0.000000343. The van der Waals surface area contributed by atoms with Crippen molar-refractivity contribution in [2.24, 2.45) is 0 Å². The Morgan fingerprint density at radius 1 is 0.816 bits per heavy atom. The van der Waals surface area contributed by atoms with Crippen molar-refractivity contribution in [3.8, 4) is 11.1 Å². The number of rotatable bonds is 8. The van der Waals surface area contributed by atoms with Crippen molar-refractivity contribution in [2.45, 2.75) is 58.0 Å². The topological polar surface area (TPSA) is 29.5 Å². The van der Waals surface area contributed by atoms with Gasteiger partial charge in [-0.3, -0.25) is 9.69 Å². The van der Waals surface area contributed by atoms with Gasteiger partial charge in [0.2, 0.25) is 0 Å². The Hall–Kier alpha value is -3.10. The lowest BCUT2D eigenvalue weighted by Gasteiger charge is -2.35. The summed E-state index contributed by atoms with van der Waals surface area (Å²) >= 11 is 9.49. The average Bonchev–Trinajstić information content (AvgIpc) is 3.05. The largest absolute Gasteiger partial charge is 0.465 e. The van der Waals surface area contributed by atoms with Crippen molar-refractivity contribution in [3.63, 3.8) is 0 Å². The summed E-state index contributed by atoms with van der Waals surface area (Å²) in [5, 5.41) is 0.722. The van der Waals surface area contributed by atoms with E-state index in [1.807, 2.05) is 69.3 Å². The van der Waals surface area contributed by atoms with Crippen molar-refractivity contribution < 1.29 is 22.7 Å². The lowest BCUT2D eigenvalue weighted by atomic mass is 9.83. The Morgan fingerprint density at radius 2 is 1.43 bits per heavy atom. The van der Waals surface area contributed by atoms with Gasteiger partial charge in [-0.1, -0.05) is 108 Å². The third kappa shape index (κ3) is 10.9. The van der Waals surface area contributed by atoms with E-state index in [4.69, 9.17) is 16.3 Å². The van der Waals surface area contributed by atoms with Crippen molar-refractivity contribution in [1.82, 2.24) is 4.90 Å². The number of benzene rings is 4. The molecule has 0 aliphatic carbocycles. The predicted molar refractivity (Wildman–Crippen MR) is 201 cm³/mol. The fourth-order valence-corrected chi connectivity index (χ4v) is 6.20. The molecule has 262 valence electrons. The summed E-state index contributed by atoms with van der Waals surface area (Å²) in [7, 11) is 0. The van der Waals surface area contributed by atoms with Gasteiger partial charge in [-0.05, 0) is 97.0 Å². The van der Waals surface area contributed by atoms with Gasteiger partial charge in [0, 0.05) is 34.5 Å². The molecule has 9 heteroatoms. The molecular weight excluding hydrogens is 734 g/mol. The van der Waals surface area contributed by atoms with E-state index in [1.54, 1.807) is 6.07 Å². The van der Waals surface area contributed by atoms with Gasteiger partial charge in [0.05, 0.1) is 17.6 Å². The highest BCUT2D eigenvalue weighted by molar-refractivity contribution is 9.10. The van der Waals surface area contributed by atoms with Crippen LogP contribution in [-0.2, 0) is 26.5 Å². The number of carbonyl (C=O) groups excluding carboxylic acids is 1. The van der Waals surface area contributed by atoms with Crippen LogP contribution in [-0.4, -0.2) is 37.1 Å². The second kappa shape index (κ2) is 17.2. The van der Waals surface area contributed by atoms with Crippen molar-refractivity contribution in [1.29, 1.82) is 0 Å². The molecule has 1 aliphatic heterocycles. The van der Waals surface area contributed by atoms with Crippen molar-refractivity contribution >= 4 is 51.5 Å². The number of esters is 1. The van der Waals surface area contributed by atoms with E-state index in [9.17, 15) is 18.0 Å². The molecule has 5 rings (SSSR count). The number of ether oxygens (including phenoxy) is 1. The minimum Gasteiger partial charge on any atom is -0.465 e. The predicted octanol–water partition coefficient (Wildman–Crippen LogP) is 11.8. The van der Waals surface area contributed by atoms with Crippen LogP contribution in [0.1, 0.15) is 63.3 Å². The van der Waals surface area contributed by atoms with E-state index in [0.29, 0.717) is 12.2 Å². The molecule has 0 unspecified atom stereocenters. The quantitative estimate of drug-likeness (QED) is 0.167. The monoisotopic (exact) mass is 775 g/mol. The zero-order valence-corrected chi connectivity index (χ0v) is 31.6. The average molecular weight is 778 g/mol. The van der Waals surface area contributed by atoms with Crippen LogP contribution in [0.4, 0.5) is 13.2 Å². The molecule has 4 aromatic carbocycles. The molecule has 0 N–H and O–H groups in total. The zero-order chi connectivity index (χ0) is 35.1. The maximum atomic E-state index is 13.0. The third-order valence-corrected chi connectivity index (χ3v) is 9.41. The van der Waals surface area contributed by atoms with Gasteiger partial charge in [-0.2, -0.15) is 13.2 Å². The fraction of sp³-hybridized carbons (Fsp3) is 0.325. The number of hydrogen-bond donors (Lipinski definition) is 0. The fourth-order valence-electron chi connectivity index (χ4n) is 5.74. The van der Waals surface area contributed by atoms with Crippen LogP contribution >= 0.6 is 39.9 Å². The Morgan fingerprint density at radius 3 is 2.00 bits per heavy atom. The first kappa shape index (κ1) is 40.3. The number of halogens is 6. The van der Waals surface area contributed by atoms with Gasteiger partial charge in [0.15, 0.2) is 0 Å². The molecule has 0 aromatic heterocycles. The maximum absolute atomic E-state index is 13.0. The van der Waals surface area contributed by atoms with E-state index in [-0.39, 0.29) is 23.8 Å². The second-order valence-corrected chi connectivity index (χ2v) is 14.5. The van der Waals surface area contributed by atoms with E-state index in [1.165, 1.54) is 17.7 Å². The molecule has 0 bridgehead atoms. The van der Waals surface area contributed by atoms with Crippen LogP contribution in [0.3, 0.4) is 0 Å². The van der Waals surface area contributed by atoms with Gasteiger partial charge in [0.1, 0.15) is 0 Å². The Kier molecular flexibility index (Phi) is 14.2. The van der Waals surface area contributed by atoms with E-state index in [2.05, 4.69) is 65.0 Å². The zero-order valence-electron chi connectivity index (χ0n) is 28.4. The first-order chi connectivity index (χ1) is 22.6. The molecule has 0 saturated carbocycles. The van der Waals surface area contributed by atoms with Crippen LogP contribution < -0.4 is 0 Å². The molecule has 3 nitrogen and oxygen atoms in total. The number of hydrogen-bond acceptors (Lipinski definition) is 3. The maximum Gasteiger partial charge on any atom is 0.416 e. The first-order valence-corrected chi connectivity index (χ1v) is 17.2. The third-order valence-electron chi connectivity index (χ3n) is 8.65. The van der Waals surface area contributed by atoms with Gasteiger partial charge in [-0.15, -0.1) is 12.4 Å². The lowest BCUT2D eigenvalue weighted by Crippen LogP contribution is -2.39. The number of alkyl halides is 3. The van der Waals surface area contributed by atoms with Crippen molar-refractivity contribution in [3.05, 3.63) is 135 Å². The Bertz CT molecular complexity index is 1720. The summed E-state index contributed by atoms with van der Waals surface area (Å²) < 4.78 is 45.2. The smallest absolute Gasteiger partial charge is 0.416 e. The SMILES string of the molecule is CC(C)(CN1CC=C(c2cccc(C(F)(F)F)c2)CC1)c1ccc(-c2cccc(Cl)c2)cc1.CCOC(=O)C(C)(C)c1ccc(Br)cc1.Cl. The molecule has 0 atom stereocenters. The van der Waals surface area contributed by atoms with Gasteiger partial charge < -0.3 is 4.74 Å². The minimum atomic E-state index is -4.32. The summed E-state index contributed by atoms with van der Waals surface area (Å²) in [4.78, 5) is 14.1. The number of nitrogens with zero attached hydrogens (tertiary/aromatic N) is 1. The first-order valence-electron chi connectivity index (χ1n) is 16.0. The van der Waals surface area contributed by atoms with E-state index < -0.39 is 17.2 Å². The highest BCUT2D eigenvalue weighted by atomic mass is 79.9. The van der Waals surface area contributed by atoms with Crippen LogP contribution in [0.25, 0.3) is 16.7 Å². The van der Waals surface area contributed by atoms with Gasteiger partial charge >= 0.3 is 12.1 Å². The van der Waals surface area contributed by atoms with Crippen molar-refractivity contribution in [2.75, 3.05) is 26.2 Å². The molecular formula is C40H43BrCl2F3NO2. The molecule has 0 fully saturated rings. The molecule has 0 radical (unpaired) electrons. The highest BCUT2D eigenvalue weighted by Gasteiger charge is 2.32. The molecule has 4 aromatic rings. The molecule has 0 spiro atoms. The second-order valence-electron chi connectivity index (χ2n) is 13.1. The molecule has 0 amide bonds. The lowest BCUT2D eigenvalue weighted by molar-refractivity contribution is -0.148. The summed E-state index contributed by atoms with van der Waals surface area (Å²) in [5.74, 6) is -0.188. The van der Waals surface area contributed by atoms with Gasteiger partial charge in [-0.25, -0.2) is 0 Å². The molecule has 0 saturated heterocycles. The summed E-state index contributed by atoms with van der Waals surface area (Å²) in [5.41, 5.74) is 4.85. The van der Waals surface area contributed by atoms with Crippen LogP contribution in [0, 0.1) is 0 Å². The molecule has 1 aliphatic rings. The molecule has 1 heterocycles. The van der Waals surface area contributed by atoms with Gasteiger partial charge in [0.25, 0.3) is 0 Å². The minimum absolute atomic E-state index is 0. The normalized spacial score (nSPS) is 13.8. The van der Waals surface area contributed by atoms with Crippen LogP contribution in [0.15, 0.2) is 108 Å². The van der Waals surface area contributed by atoms with E-state index >= 15 is 0 Å². The summed E-state index contributed by atoms with van der Waals surface area (Å²) in [6.45, 7) is 12.9. The summed E-state index contributed by atoms with van der Waals surface area (Å²) in [6, 6.07) is 29.8. The summed E-state index contributed by atoms with van der Waals surface area (Å²) in [6.07, 6.45) is -1.51. The van der Waals surface area contributed by atoms with Crippen LogP contribution in [0.2, 0.25) is 5.02 Å². The standard InChI is InChI=1S/C28H27ClF3N.C12H15BrO2.ClH/c1-27(2,24-11-9-20(10-12-24)23-6-4-8-26(29)18-23)19-33-15-13-21(14-16-33)22-5-3-7-25(17-22)28(30,31)32;1-4-15-11(14)12(2,3)9-5-7-10(13)8-6-9;/h3-13,17-18H,14-16,19H2,1-2H3;5-8H,4H2,1-3H3;1H. The highest BCUT2D eigenvalue weighted by Crippen LogP contribution is 2.34. The van der Waals surface area contributed by atoms with E-state index in [0.717, 1.165) is 63.9 Å². The number of carbonyl (C=O) groups is 1. The van der Waals surface area contributed by atoms with Crippen LogP contribution in [0.5, 0.6) is 0 Å². The Labute approximate surface area is 308 Å². The molecule has 49 heavy (non-hydrogen) atoms.